The highest BCUT2D eigenvalue weighted by molar-refractivity contribution is 7.89. The number of nitrogens with zero attached hydrogens (tertiary/aromatic N) is 2. The number of amides is 1. The Morgan fingerprint density at radius 3 is 2.56 bits per heavy atom. The molecule has 0 aliphatic heterocycles. The monoisotopic (exact) mass is 406 g/mol. The third-order valence-corrected chi connectivity index (χ3v) is 5.97. The number of nitriles is 1. The van der Waals surface area contributed by atoms with E-state index in [-0.39, 0.29) is 11.4 Å². The van der Waals surface area contributed by atoms with Gasteiger partial charge in [-0.3, -0.25) is 4.79 Å². The Bertz CT molecular complexity index is 1010. The number of rotatable bonds is 6. The Balaban J connectivity index is 2.13. The second-order valence-electron chi connectivity index (χ2n) is 5.97. The molecular formula is C18H19ClN4O3S. The number of nitrogens with one attached hydrogen (secondary N) is 2. The predicted octanol–water partition coefficient (Wildman–Crippen LogP) is 2.82. The van der Waals surface area contributed by atoms with Crippen molar-refractivity contribution in [1.29, 1.82) is 5.26 Å². The van der Waals surface area contributed by atoms with Gasteiger partial charge in [-0.25, -0.2) is 12.7 Å². The summed E-state index contributed by atoms with van der Waals surface area (Å²) in [5.74, 6) is -0.397. The number of carbonyl (C=O) groups excluding carboxylic acids is 1. The molecule has 1 amide bonds. The van der Waals surface area contributed by atoms with Crippen LogP contribution in [0.5, 0.6) is 0 Å². The highest BCUT2D eigenvalue weighted by Gasteiger charge is 2.20. The minimum Gasteiger partial charge on any atom is -0.376 e. The molecule has 142 valence electrons. The van der Waals surface area contributed by atoms with Crippen molar-refractivity contribution in [1.82, 2.24) is 4.31 Å². The molecular weight excluding hydrogens is 388 g/mol. The summed E-state index contributed by atoms with van der Waals surface area (Å²) in [7, 11) is -0.672. The van der Waals surface area contributed by atoms with Crippen molar-refractivity contribution in [3.05, 3.63) is 52.5 Å². The second kappa shape index (κ2) is 8.39. The summed E-state index contributed by atoms with van der Waals surface area (Å²) in [6, 6.07) is 11.4. The largest absolute Gasteiger partial charge is 0.376 e. The fourth-order valence-electron chi connectivity index (χ4n) is 2.28. The van der Waals surface area contributed by atoms with Gasteiger partial charge >= 0.3 is 0 Å². The van der Waals surface area contributed by atoms with E-state index in [2.05, 4.69) is 10.6 Å². The Kier molecular flexibility index (Phi) is 6.44. The Labute approximate surface area is 163 Å². The molecule has 9 heteroatoms. The Hall–Kier alpha value is -2.60. The molecule has 0 aliphatic carbocycles. The molecule has 2 rings (SSSR count). The molecule has 0 saturated heterocycles. The lowest BCUT2D eigenvalue weighted by Crippen LogP contribution is -2.24. The lowest BCUT2D eigenvalue weighted by atomic mass is 10.2. The zero-order valence-corrected chi connectivity index (χ0v) is 16.6. The summed E-state index contributed by atoms with van der Waals surface area (Å²) >= 11 is 5.89. The van der Waals surface area contributed by atoms with E-state index < -0.39 is 15.9 Å². The van der Waals surface area contributed by atoms with Crippen LogP contribution in [0, 0.1) is 18.3 Å². The third kappa shape index (κ3) is 4.98. The highest BCUT2D eigenvalue weighted by Crippen LogP contribution is 2.23. The van der Waals surface area contributed by atoms with E-state index in [0.29, 0.717) is 27.5 Å². The summed E-state index contributed by atoms with van der Waals surface area (Å²) in [4.78, 5) is 12.3. The van der Waals surface area contributed by atoms with E-state index in [9.17, 15) is 13.2 Å². The Morgan fingerprint density at radius 2 is 1.93 bits per heavy atom. The van der Waals surface area contributed by atoms with Crippen molar-refractivity contribution < 1.29 is 13.2 Å². The van der Waals surface area contributed by atoms with Crippen molar-refractivity contribution in [2.24, 2.45) is 0 Å². The van der Waals surface area contributed by atoms with Crippen molar-refractivity contribution >= 4 is 38.9 Å². The molecule has 2 N–H and O–H groups in total. The minimum atomic E-state index is -3.59. The molecule has 0 bridgehead atoms. The quantitative estimate of drug-likeness (QED) is 0.767. The number of anilines is 2. The molecule has 0 fully saturated rings. The van der Waals surface area contributed by atoms with Crippen molar-refractivity contribution in [3.8, 4) is 6.07 Å². The molecule has 0 radical (unpaired) electrons. The van der Waals surface area contributed by atoms with Crippen molar-refractivity contribution in [3.63, 3.8) is 0 Å². The number of hydrogen-bond acceptors (Lipinski definition) is 5. The van der Waals surface area contributed by atoms with Crippen LogP contribution in [-0.4, -0.2) is 39.3 Å². The average Bonchev–Trinajstić information content (AvgIpc) is 2.61. The summed E-state index contributed by atoms with van der Waals surface area (Å²) < 4.78 is 25.9. The van der Waals surface area contributed by atoms with Gasteiger partial charge in [0.15, 0.2) is 0 Å². The SMILES string of the molecule is Cc1ccc(NCC(=O)Nc2cc(Cl)ccc2C#N)cc1S(=O)(=O)N(C)C. The van der Waals surface area contributed by atoms with Gasteiger partial charge in [0.1, 0.15) is 6.07 Å². The van der Waals surface area contributed by atoms with Gasteiger partial charge in [0.05, 0.1) is 22.7 Å². The predicted molar refractivity (Wildman–Crippen MR) is 105 cm³/mol. The molecule has 0 saturated carbocycles. The smallest absolute Gasteiger partial charge is 0.243 e. The van der Waals surface area contributed by atoms with Gasteiger partial charge in [0.2, 0.25) is 15.9 Å². The molecule has 0 spiro atoms. The molecule has 0 heterocycles. The number of carbonyl (C=O) groups is 1. The van der Waals surface area contributed by atoms with Gasteiger partial charge in [-0.15, -0.1) is 0 Å². The van der Waals surface area contributed by atoms with Gasteiger partial charge in [-0.1, -0.05) is 17.7 Å². The average molecular weight is 407 g/mol. The number of halogens is 1. The van der Waals surface area contributed by atoms with Crippen LogP contribution < -0.4 is 10.6 Å². The second-order valence-corrected chi connectivity index (χ2v) is 8.53. The zero-order valence-electron chi connectivity index (χ0n) is 15.1. The standard InChI is InChI=1S/C18H19ClN4O3S/c1-12-4-7-15(9-17(12)27(25,26)23(2)3)21-11-18(24)22-16-8-14(19)6-5-13(16)10-20/h4-9,21H,11H2,1-3H3,(H,22,24). The summed E-state index contributed by atoms with van der Waals surface area (Å²) in [5.41, 5.74) is 1.71. The van der Waals surface area contributed by atoms with Crippen LogP contribution in [-0.2, 0) is 14.8 Å². The molecule has 7 nitrogen and oxygen atoms in total. The highest BCUT2D eigenvalue weighted by atomic mass is 35.5. The number of aryl methyl sites for hydroxylation is 1. The fourth-order valence-corrected chi connectivity index (χ4v) is 3.60. The van der Waals surface area contributed by atoms with Crippen LogP contribution in [0.4, 0.5) is 11.4 Å². The molecule has 0 aromatic heterocycles. The minimum absolute atomic E-state index is 0.109. The number of benzene rings is 2. The van der Waals surface area contributed by atoms with E-state index in [1.165, 1.54) is 32.3 Å². The van der Waals surface area contributed by atoms with Crippen LogP contribution in [0.3, 0.4) is 0 Å². The molecule has 0 aliphatic rings. The maximum absolute atomic E-state index is 12.4. The number of sulfonamides is 1. The summed E-state index contributed by atoms with van der Waals surface area (Å²) in [6.07, 6.45) is 0. The first-order chi connectivity index (χ1) is 12.6. The van der Waals surface area contributed by atoms with Gasteiger partial charge < -0.3 is 10.6 Å². The van der Waals surface area contributed by atoms with E-state index in [4.69, 9.17) is 16.9 Å². The number of hydrogen-bond donors (Lipinski definition) is 2. The van der Waals surface area contributed by atoms with Crippen molar-refractivity contribution in [2.45, 2.75) is 11.8 Å². The fraction of sp³-hybridized carbons (Fsp3) is 0.222. The van der Waals surface area contributed by atoms with E-state index in [1.54, 1.807) is 25.1 Å². The molecule has 2 aromatic rings. The topological polar surface area (TPSA) is 102 Å². The lowest BCUT2D eigenvalue weighted by molar-refractivity contribution is -0.114. The first kappa shape index (κ1) is 20.7. The van der Waals surface area contributed by atoms with Crippen molar-refractivity contribution in [2.75, 3.05) is 31.3 Å². The van der Waals surface area contributed by atoms with Crippen LogP contribution in [0.2, 0.25) is 5.02 Å². The lowest BCUT2D eigenvalue weighted by Gasteiger charge is -2.15. The van der Waals surface area contributed by atoms with E-state index in [0.717, 1.165) is 4.31 Å². The van der Waals surface area contributed by atoms with Gasteiger partial charge in [0.25, 0.3) is 0 Å². The third-order valence-electron chi connectivity index (χ3n) is 3.78. The van der Waals surface area contributed by atoms with E-state index in [1.807, 2.05) is 6.07 Å². The van der Waals surface area contributed by atoms with Crippen LogP contribution >= 0.6 is 11.6 Å². The molecule has 0 unspecified atom stereocenters. The first-order valence-corrected chi connectivity index (χ1v) is 9.73. The summed E-state index contributed by atoms with van der Waals surface area (Å²) in [6.45, 7) is 1.59. The van der Waals surface area contributed by atoms with Gasteiger partial charge in [-0.2, -0.15) is 5.26 Å². The van der Waals surface area contributed by atoms with Crippen LogP contribution in [0.25, 0.3) is 0 Å². The zero-order chi connectivity index (χ0) is 20.2. The Morgan fingerprint density at radius 1 is 1.22 bits per heavy atom. The molecule has 0 atom stereocenters. The molecule has 2 aromatic carbocycles. The maximum Gasteiger partial charge on any atom is 0.243 e. The van der Waals surface area contributed by atoms with Crippen LogP contribution in [0.1, 0.15) is 11.1 Å². The van der Waals surface area contributed by atoms with Crippen LogP contribution in [0.15, 0.2) is 41.3 Å². The van der Waals surface area contributed by atoms with E-state index >= 15 is 0 Å². The van der Waals surface area contributed by atoms with Gasteiger partial charge in [0, 0.05) is 24.8 Å². The summed E-state index contributed by atoms with van der Waals surface area (Å²) in [5, 5.41) is 15.0. The molecule has 27 heavy (non-hydrogen) atoms. The first-order valence-electron chi connectivity index (χ1n) is 7.91. The normalized spacial score (nSPS) is 11.1. The maximum atomic E-state index is 12.4. The van der Waals surface area contributed by atoms with Gasteiger partial charge in [-0.05, 0) is 42.8 Å².